The van der Waals surface area contributed by atoms with Gasteiger partial charge in [-0.15, -0.1) is 0 Å². The van der Waals surface area contributed by atoms with Crippen LogP contribution in [0.15, 0.2) is 24.3 Å². The lowest BCUT2D eigenvalue weighted by Gasteiger charge is -2.37. The summed E-state index contributed by atoms with van der Waals surface area (Å²) < 4.78 is 38.8. The molecule has 7 heteroatoms. The molecule has 0 aromatic heterocycles. The predicted molar refractivity (Wildman–Crippen MR) is 70.1 cm³/mol. The number of amides is 1. The topological polar surface area (TPSA) is 66.6 Å². The monoisotopic (exact) mass is 302 g/mol. The lowest BCUT2D eigenvalue weighted by molar-refractivity contribution is -0.143. The van der Waals surface area contributed by atoms with Crippen molar-refractivity contribution in [2.24, 2.45) is 5.73 Å². The number of carbonyl (C=O) groups is 1. The Balaban J connectivity index is 2.18. The van der Waals surface area contributed by atoms with Crippen LogP contribution in [-0.4, -0.2) is 34.6 Å². The zero-order chi connectivity index (χ0) is 15.7. The molecular weight excluding hydrogens is 285 g/mol. The number of hydrogen-bond acceptors (Lipinski definition) is 3. The minimum absolute atomic E-state index is 0.0191. The molecule has 4 nitrogen and oxygen atoms in total. The number of rotatable bonds is 3. The molecule has 1 aromatic rings. The molecule has 1 heterocycles. The summed E-state index contributed by atoms with van der Waals surface area (Å²) in [7, 11) is 0. The standard InChI is InChI=1S/C14H17F3N2O2/c15-14(16,17)11-5-2-1-4-10(11)8-19-7-3-6-13(21,9-19)12(18)20/h1-2,4-5,21H,3,6-9H2,(H2,18,20)/t13-/m0/s1. The third-order valence-corrected chi connectivity index (χ3v) is 3.73. The van der Waals surface area contributed by atoms with E-state index in [1.165, 1.54) is 18.2 Å². The first-order chi connectivity index (χ1) is 9.72. The van der Waals surface area contributed by atoms with Gasteiger partial charge < -0.3 is 10.8 Å². The van der Waals surface area contributed by atoms with Crippen molar-refractivity contribution < 1.29 is 23.1 Å². The highest BCUT2D eigenvalue weighted by molar-refractivity contribution is 5.83. The first-order valence-corrected chi connectivity index (χ1v) is 6.62. The van der Waals surface area contributed by atoms with Crippen molar-refractivity contribution in [2.45, 2.75) is 31.2 Å². The van der Waals surface area contributed by atoms with E-state index >= 15 is 0 Å². The Morgan fingerprint density at radius 3 is 2.67 bits per heavy atom. The first-order valence-electron chi connectivity index (χ1n) is 6.62. The molecule has 0 saturated carbocycles. The number of nitrogens with zero attached hydrogens (tertiary/aromatic N) is 1. The van der Waals surface area contributed by atoms with Gasteiger partial charge >= 0.3 is 6.18 Å². The van der Waals surface area contributed by atoms with Crippen molar-refractivity contribution in [1.29, 1.82) is 0 Å². The van der Waals surface area contributed by atoms with Gasteiger partial charge in [-0.1, -0.05) is 18.2 Å². The van der Waals surface area contributed by atoms with Crippen molar-refractivity contribution in [3.63, 3.8) is 0 Å². The molecule has 1 aromatic carbocycles. The van der Waals surface area contributed by atoms with E-state index in [1.54, 1.807) is 4.90 Å². The minimum Gasteiger partial charge on any atom is -0.379 e. The summed E-state index contributed by atoms with van der Waals surface area (Å²) in [6, 6.07) is 5.30. The fourth-order valence-corrected chi connectivity index (χ4v) is 2.63. The highest BCUT2D eigenvalue weighted by Crippen LogP contribution is 2.33. The second-order valence-electron chi connectivity index (χ2n) is 5.36. The molecule has 0 radical (unpaired) electrons. The Hall–Kier alpha value is -1.60. The summed E-state index contributed by atoms with van der Waals surface area (Å²) in [6.45, 7) is 0.488. The second-order valence-corrected chi connectivity index (χ2v) is 5.36. The quantitative estimate of drug-likeness (QED) is 0.889. The number of primary amides is 1. The van der Waals surface area contributed by atoms with Crippen LogP contribution in [0.1, 0.15) is 24.0 Å². The maximum absolute atomic E-state index is 12.9. The predicted octanol–water partition coefficient (Wildman–Crippen LogP) is 1.52. The van der Waals surface area contributed by atoms with Crippen LogP contribution in [-0.2, 0) is 17.5 Å². The fourth-order valence-electron chi connectivity index (χ4n) is 2.63. The summed E-state index contributed by atoms with van der Waals surface area (Å²) in [6.07, 6.45) is -3.68. The number of halogens is 3. The molecule has 3 N–H and O–H groups in total. The normalized spacial score (nSPS) is 24.0. The Kier molecular flexibility index (Phi) is 4.25. The number of nitrogens with two attached hydrogens (primary N) is 1. The number of carbonyl (C=O) groups excluding carboxylic acids is 1. The Labute approximate surface area is 120 Å². The average Bonchev–Trinajstić information content (AvgIpc) is 2.38. The van der Waals surface area contributed by atoms with E-state index in [-0.39, 0.29) is 25.1 Å². The largest absolute Gasteiger partial charge is 0.416 e. The molecule has 0 aliphatic carbocycles. The lowest BCUT2D eigenvalue weighted by atomic mass is 9.91. The molecule has 21 heavy (non-hydrogen) atoms. The highest BCUT2D eigenvalue weighted by atomic mass is 19.4. The van der Waals surface area contributed by atoms with Gasteiger partial charge in [0.25, 0.3) is 5.91 Å². The summed E-state index contributed by atoms with van der Waals surface area (Å²) in [4.78, 5) is 12.9. The van der Waals surface area contributed by atoms with E-state index in [9.17, 15) is 23.1 Å². The first kappa shape index (κ1) is 15.8. The lowest BCUT2D eigenvalue weighted by Crippen LogP contribution is -2.55. The van der Waals surface area contributed by atoms with Gasteiger partial charge in [0.15, 0.2) is 5.60 Å². The van der Waals surface area contributed by atoms with Crippen LogP contribution in [0.4, 0.5) is 13.2 Å². The Morgan fingerprint density at radius 2 is 2.05 bits per heavy atom. The average molecular weight is 302 g/mol. The number of alkyl halides is 3. The third-order valence-electron chi connectivity index (χ3n) is 3.73. The van der Waals surface area contributed by atoms with Crippen LogP contribution < -0.4 is 5.73 Å². The van der Waals surface area contributed by atoms with E-state index < -0.39 is 23.2 Å². The molecule has 0 bridgehead atoms. The zero-order valence-corrected chi connectivity index (χ0v) is 11.4. The van der Waals surface area contributed by atoms with Gasteiger partial charge in [0, 0.05) is 13.1 Å². The molecule has 0 spiro atoms. The Bertz CT molecular complexity index is 533. The Morgan fingerprint density at radius 1 is 1.38 bits per heavy atom. The minimum atomic E-state index is -4.42. The van der Waals surface area contributed by atoms with Gasteiger partial charge in [-0.2, -0.15) is 13.2 Å². The van der Waals surface area contributed by atoms with Crippen molar-refractivity contribution in [3.05, 3.63) is 35.4 Å². The third kappa shape index (κ3) is 3.54. The number of benzene rings is 1. The molecule has 116 valence electrons. The number of piperidine rings is 1. The zero-order valence-electron chi connectivity index (χ0n) is 11.4. The summed E-state index contributed by atoms with van der Waals surface area (Å²) >= 11 is 0. The van der Waals surface area contributed by atoms with E-state index in [0.29, 0.717) is 13.0 Å². The maximum atomic E-state index is 12.9. The maximum Gasteiger partial charge on any atom is 0.416 e. The van der Waals surface area contributed by atoms with Gasteiger partial charge in [-0.05, 0) is 31.0 Å². The van der Waals surface area contributed by atoms with Crippen LogP contribution in [0.5, 0.6) is 0 Å². The van der Waals surface area contributed by atoms with Gasteiger partial charge in [0.05, 0.1) is 5.56 Å². The number of likely N-dealkylation sites (tertiary alicyclic amines) is 1. The van der Waals surface area contributed by atoms with E-state index in [1.807, 2.05) is 0 Å². The van der Waals surface area contributed by atoms with E-state index in [2.05, 4.69) is 0 Å². The second kappa shape index (κ2) is 5.65. The summed E-state index contributed by atoms with van der Waals surface area (Å²) in [5.41, 5.74) is 2.93. The highest BCUT2D eigenvalue weighted by Gasteiger charge is 2.39. The molecule has 1 fully saturated rings. The van der Waals surface area contributed by atoms with Crippen molar-refractivity contribution in [2.75, 3.05) is 13.1 Å². The SMILES string of the molecule is NC(=O)[C@]1(O)CCCN(Cc2ccccc2C(F)(F)F)C1. The van der Waals surface area contributed by atoms with E-state index in [0.717, 1.165) is 6.07 Å². The summed E-state index contributed by atoms with van der Waals surface area (Å²) in [5, 5.41) is 10.1. The van der Waals surface area contributed by atoms with Crippen LogP contribution in [0.25, 0.3) is 0 Å². The molecule has 1 aliphatic heterocycles. The van der Waals surface area contributed by atoms with E-state index in [4.69, 9.17) is 5.73 Å². The molecular formula is C14H17F3N2O2. The fraction of sp³-hybridized carbons (Fsp3) is 0.500. The number of hydrogen-bond donors (Lipinski definition) is 2. The molecule has 1 amide bonds. The van der Waals surface area contributed by atoms with Crippen LogP contribution in [0.2, 0.25) is 0 Å². The van der Waals surface area contributed by atoms with Gasteiger partial charge in [0.1, 0.15) is 0 Å². The molecule has 1 saturated heterocycles. The van der Waals surface area contributed by atoms with Gasteiger partial charge in [-0.25, -0.2) is 0 Å². The number of β-amino-alcohol motifs (C(OH)–C–C–N with tert-alkyl or cyclic N) is 1. The molecule has 1 atom stereocenters. The smallest absolute Gasteiger partial charge is 0.379 e. The van der Waals surface area contributed by atoms with Crippen LogP contribution in [0, 0.1) is 0 Å². The van der Waals surface area contributed by atoms with Gasteiger partial charge in [0.2, 0.25) is 0 Å². The molecule has 1 aliphatic rings. The molecule has 2 rings (SSSR count). The van der Waals surface area contributed by atoms with Crippen LogP contribution >= 0.6 is 0 Å². The van der Waals surface area contributed by atoms with Crippen molar-refractivity contribution in [3.8, 4) is 0 Å². The molecule has 0 unspecified atom stereocenters. The van der Waals surface area contributed by atoms with Gasteiger partial charge in [-0.3, -0.25) is 9.69 Å². The number of aliphatic hydroxyl groups is 1. The summed E-state index contributed by atoms with van der Waals surface area (Å²) in [5.74, 6) is -0.837. The van der Waals surface area contributed by atoms with Crippen molar-refractivity contribution >= 4 is 5.91 Å². The van der Waals surface area contributed by atoms with Crippen molar-refractivity contribution in [1.82, 2.24) is 4.90 Å². The van der Waals surface area contributed by atoms with Crippen LogP contribution in [0.3, 0.4) is 0 Å².